The van der Waals surface area contributed by atoms with E-state index in [2.05, 4.69) is 10.6 Å². The van der Waals surface area contributed by atoms with Crippen LogP contribution in [0.4, 0.5) is 0 Å². The SMILES string of the molecule is NC(CO)C(=O)NC(CO)C(=O)NC(Cc1ccc(O)cc1)C(=O)N1CCCC1C(=O)O. The standard InChI is InChI=1S/C20H28N4O8/c21-13(9-25)17(28)23-15(10-26)18(29)22-14(8-11-3-5-12(27)6-4-11)19(30)24-7-1-2-16(24)20(31)32/h3-6,13-16,25-27H,1-2,7-10,21H2,(H,22,29)(H,23,28)(H,31,32). The van der Waals surface area contributed by atoms with Gasteiger partial charge in [-0.1, -0.05) is 12.1 Å². The number of likely N-dealkylation sites (tertiary alicyclic amines) is 1. The van der Waals surface area contributed by atoms with Crippen molar-refractivity contribution in [2.75, 3.05) is 19.8 Å². The number of carboxylic acid groups (broad SMARTS) is 1. The number of carbonyl (C=O) groups is 4. The van der Waals surface area contributed by atoms with Gasteiger partial charge in [-0.05, 0) is 30.5 Å². The number of nitrogens with zero attached hydrogens (tertiary/aromatic N) is 1. The minimum atomic E-state index is -1.44. The van der Waals surface area contributed by atoms with E-state index in [1.807, 2.05) is 0 Å². The normalized spacial score (nSPS) is 18.5. The van der Waals surface area contributed by atoms with Crippen molar-refractivity contribution >= 4 is 23.7 Å². The second-order valence-electron chi connectivity index (χ2n) is 7.49. The number of carbonyl (C=O) groups excluding carboxylic acids is 3. The monoisotopic (exact) mass is 452 g/mol. The van der Waals surface area contributed by atoms with Gasteiger partial charge in [0.05, 0.1) is 13.2 Å². The molecular formula is C20H28N4O8. The number of carboxylic acids is 1. The van der Waals surface area contributed by atoms with Crippen molar-refractivity contribution < 1.29 is 39.6 Å². The highest BCUT2D eigenvalue weighted by atomic mass is 16.4. The number of hydrogen-bond acceptors (Lipinski definition) is 8. The average molecular weight is 452 g/mol. The highest BCUT2D eigenvalue weighted by Gasteiger charge is 2.38. The quantitative estimate of drug-likeness (QED) is 0.197. The van der Waals surface area contributed by atoms with Gasteiger partial charge >= 0.3 is 5.97 Å². The van der Waals surface area contributed by atoms with Crippen molar-refractivity contribution in [1.82, 2.24) is 15.5 Å². The van der Waals surface area contributed by atoms with Crippen molar-refractivity contribution in [2.24, 2.45) is 5.73 Å². The summed E-state index contributed by atoms with van der Waals surface area (Å²) in [6, 6.07) is 0.958. The van der Waals surface area contributed by atoms with Gasteiger partial charge in [0.1, 0.15) is 29.9 Å². The predicted octanol–water partition coefficient (Wildman–Crippen LogP) is -2.71. The van der Waals surface area contributed by atoms with E-state index in [-0.39, 0.29) is 25.1 Å². The Kier molecular flexibility index (Phi) is 8.93. The van der Waals surface area contributed by atoms with Crippen LogP contribution in [0.1, 0.15) is 18.4 Å². The first-order valence-corrected chi connectivity index (χ1v) is 10.1. The minimum Gasteiger partial charge on any atom is -0.508 e. The summed E-state index contributed by atoms with van der Waals surface area (Å²) in [6.07, 6.45) is 0.766. The topological polar surface area (TPSA) is 203 Å². The lowest BCUT2D eigenvalue weighted by Crippen LogP contribution is -2.58. The molecule has 8 N–H and O–H groups in total. The van der Waals surface area contributed by atoms with Crippen LogP contribution in [0.3, 0.4) is 0 Å². The number of nitrogens with two attached hydrogens (primary N) is 1. The fraction of sp³-hybridized carbons (Fsp3) is 0.500. The highest BCUT2D eigenvalue weighted by Crippen LogP contribution is 2.20. The van der Waals surface area contributed by atoms with Gasteiger partial charge in [-0.25, -0.2) is 4.79 Å². The third-order valence-corrected chi connectivity index (χ3v) is 5.16. The van der Waals surface area contributed by atoms with E-state index in [0.29, 0.717) is 12.0 Å². The Bertz CT molecular complexity index is 831. The van der Waals surface area contributed by atoms with Crippen molar-refractivity contribution in [3.63, 3.8) is 0 Å². The van der Waals surface area contributed by atoms with Gasteiger partial charge in [-0.15, -0.1) is 0 Å². The number of phenols is 1. The fourth-order valence-electron chi connectivity index (χ4n) is 3.38. The molecule has 4 unspecified atom stereocenters. The molecule has 1 fully saturated rings. The predicted molar refractivity (Wildman–Crippen MR) is 110 cm³/mol. The van der Waals surface area contributed by atoms with E-state index >= 15 is 0 Å². The summed E-state index contributed by atoms with van der Waals surface area (Å²) >= 11 is 0. The molecule has 12 nitrogen and oxygen atoms in total. The second kappa shape index (κ2) is 11.4. The third kappa shape index (κ3) is 6.39. The van der Waals surface area contributed by atoms with Gasteiger partial charge < -0.3 is 41.7 Å². The van der Waals surface area contributed by atoms with Crippen LogP contribution in [0.2, 0.25) is 0 Å². The van der Waals surface area contributed by atoms with Crippen molar-refractivity contribution in [1.29, 1.82) is 0 Å². The van der Waals surface area contributed by atoms with Crippen LogP contribution in [-0.2, 0) is 25.6 Å². The molecule has 0 aromatic heterocycles. The molecule has 0 radical (unpaired) electrons. The molecule has 2 rings (SSSR count). The van der Waals surface area contributed by atoms with Crippen molar-refractivity contribution in [2.45, 2.75) is 43.4 Å². The Labute approximate surface area is 184 Å². The Morgan fingerprint density at radius 3 is 2.22 bits per heavy atom. The molecule has 1 heterocycles. The van der Waals surface area contributed by atoms with E-state index in [4.69, 9.17) is 10.8 Å². The number of nitrogens with one attached hydrogen (secondary N) is 2. The van der Waals surface area contributed by atoms with Crippen molar-refractivity contribution in [3.8, 4) is 5.75 Å². The smallest absolute Gasteiger partial charge is 0.326 e. The van der Waals surface area contributed by atoms with E-state index in [1.165, 1.54) is 17.0 Å². The lowest BCUT2D eigenvalue weighted by atomic mass is 10.0. The maximum absolute atomic E-state index is 13.2. The van der Waals surface area contributed by atoms with Gasteiger partial charge in [0.2, 0.25) is 17.7 Å². The third-order valence-electron chi connectivity index (χ3n) is 5.16. The Morgan fingerprint density at radius 2 is 1.66 bits per heavy atom. The molecule has 4 atom stereocenters. The van der Waals surface area contributed by atoms with Crippen LogP contribution in [0.5, 0.6) is 5.75 Å². The molecule has 0 bridgehead atoms. The molecule has 1 aliphatic heterocycles. The summed E-state index contributed by atoms with van der Waals surface area (Å²) in [7, 11) is 0. The Morgan fingerprint density at radius 1 is 1.03 bits per heavy atom. The van der Waals surface area contributed by atoms with Gasteiger partial charge in [0, 0.05) is 13.0 Å². The molecule has 1 aliphatic rings. The van der Waals surface area contributed by atoms with E-state index in [9.17, 15) is 34.5 Å². The van der Waals surface area contributed by atoms with E-state index < -0.39 is 61.1 Å². The summed E-state index contributed by atoms with van der Waals surface area (Å²) in [5.41, 5.74) is 5.98. The van der Waals surface area contributed by atoms with Gasteiger partial charge in [-0.3, -0.25) is 14.4 Å². The van der Waals surface area contributed by atoms with E-state index in [0.717, 1.165) is 0 Å². The Hall–Kier alpha value is -3.22. The zero-order chi connectivity index (χ0) is 23.8. The van der Waals surface area contributed by atoms with Crippen LogP contribution in [0, 0.1) is 0 Å². The van der Waals surface area contributed by atoms with Crippen LogP contribution < -0.4 is 16.4 Å². The molecule has 1 aromatic carbocycles. The summed E-state index contributed by atoms with van der Waals surface area (Å²) in [5.74, 6) is -3.51. The minimum absolute atomic E-state index is 0.00873. The zero-order valence-electron chi connectivity index (χ0n) is 17.3. The molecule has 1 aromatic rings. The number of aliphatic hydroxyl groups is 2. The number of aliphatic hydroxyl groups excluding tert-OH is 2. The summed E-state index contributed by atoms with van der Waals surface area (Å²) in [6.45, 7) is -1.25. The van der Waals surface area contributed by atoms with Crippen LogP contribution in [-0.4, -0.2) is 92.9 Å². The zero-order valence-corrected chi connectivity index (χ0v) is 17.3. The number of phenolic OH excluding ortho intramolecular Hbond substituents is 1. The fourth-order valence-corrected chi connectivity index (χ4v) is 3.38. The van der Waals surface area contributed by atoms with Gasteiger partial charge in [0.15, 0.2) is 0 Å². The lowest BCUT2D eigenvalue weighted by Gasteiger charge is -2.28. The number of aromatic hydroxyl groups is 1. The molecule has 0 aliphatic carbocycles. The first-order valence-electron chi connectivity index (χ1n) is 10.1. The molecule has 1 saturated heterocycles. The first-order chi connectivity index (χ1) is 15.2. The largest absolute Gasteiger partial charge is 0.508 e. The van der Waals surface area contributed by atoms with E-state index in [1.54, 1.807) is 12.1 Å². The van der Waals surface area contributed by atoms with Crippen molar-refractivity contribution in [3.05, 3.63) is 29.8 Å². The number of aliphatic carboxylic acids is 1. The molecule has 0 spiro atoms. The maximum atomic E-state index is 13.2. The molecule has 176 valence electrons. The highest BCUT2D eigenvalue weighted by molar-refractivity contribution is 5.94. The lowest BCUT2D eigenvalue weighted by molar-refractivity contribution is -0.149. The van der Waals surface area contributed by atoms with Crippen LogP contribution in [0.15, 0.2) is 24.3 Å². The second-order valence-corrected chi connectivity index (χ2v) is 7.49. The molecular weight excluding hydrogens is 424 g/mol. The molecule has 12 heteroatoms. The van der Waals surface area contributed by atoms with Crippen LogP contribution >= 0.6 is 0 Å². The average Bonchev–Trinajstić information content (AvgIpc) is 3.27. The summed E-state index contributed by atoms with van der Waals surface area (Å²) in [5, 5.41) is 42.0. The molecule has 3 amide bonds. The van der Waals surface area contributed by atoms with Crippen LogP contribution in [0.25, 0.3) is 0 Å². The Balaban J connectivity index is 2.22. The summed E-state index contributed by atoms with van der Waals surface area (Å²) in [4.78, 5) is 50.4. The van der Waals surface area contributed by atoms with Gasteiger partial charge in [-0.2, -0.15) is 0 Å². The number of hydrogen-bond donors (Lipinski definition) is 7. The maximum Gasteiger partial charge on any atom is 0.326 e. The number of benzene rings is 1. The number of rotatable bonds is 10. The molecule has 0 saturated carbocycles. The first kappa shape index (κ1) is 25.0. The summed E-state index contributed by atoms with van der Waals surface area (Å²) < 4.78 is 0. The molecule has 32 heavy (non-hydrogen) atoms. The number of amides is 3. The van der Waals surface area contributed by atoms with Gasteiger partial charge in [0.25, 0.3) is 0 Å².